The van der Waals surface area contributed by atoms with Crippen LogP contribution in [0.4, 0.5) is 0 Å². The maximum absolute atomic E-state index is 12.9. The molecule has 0 aromatic rings. The highest BCUT2D eigenvalue weighted by Gasteiger charge is 2.19. The molecule has 0 N–H and O–H groups in total. The summed E-state index contributed by atoms with van der Waals surface area (Å²) in [6, 6.07) is 0. The Morgan fingerprint density at radius 1 is 0.259 bits per heavy atom. The van der Waals surface area contributed by atoms with Crippen molar-refractivity contribution in [3.8, 4) is 0 Å². The molecule has 0 saturated carbocycles. The van der Waals surface area contributed by atoms with Crippen LogP contribution in [0.5, 0.6) is 0 Å². The van der Waals surface area contributed by atoms with Crippen LogP contribution in [0.2, 0.25) is 0 Å². The molecule has 470 valence electrons. The molecule has 0 radical (unpaired) electrons. The lowest BCUT2D eigenvalue weighted by Crippen LogP contribution is -2.30. The number of esters is 3. The van der Waals surface area contributed by atoms with E-state index in [0.29, 0.717) is 19.3 Å². The van der Waals surface area contributed by atoms with Crippen LogP contribution in [0.3, 0.4) is 0 Å². The van der Waals surface area contributed by atoms with Crippen LogP contribution >= 0.6 is 0 Å². The van der Waals surface area contributed by atoms with Gasteiger partial charge < -0.3 is 14.2 Å². The number of allylic oxidation sites excluding steroid dienone is 12. The normalized spacial score (nSPS) is 12.5. The van der Waals surface area contributed by atoms with Gasteiger partial charge in [0.05, 0.1) is 0 Å². The van der Waals surface area contributed by atoms with Gasteiger partial charge in [0, 0.05) is 19.3 Å². The van der Waals surface area contributed by atoms with Crippen LogP contribution in [-0.4, -0.2) is 37.2 Å². The predicted octanol–water partition coefficient (Wildman–Crippen LogP) is 24.4. The summed E-state index contributed by atoms with van der Waals surface area (Å²) in [6.45, 7) is 6.51. The lowest BCUT2D eigenvalue weighted by molar-refractivity contribution is -0.167. The van der Waals surface area contributed by atoms with Gasteiger partial charge in [0.25, 0.3) is 0 Å². The minimum atomic E-state index is -0.792. The Morgan fingerprint density at radius 3 is 0.802 bits per heavy atom. The summed E-state index contributed by atoms with van der Waals surface area (Å²) in [5.74, 6) is -0.907. The molecule has 1 unspecified atom stereocenters. The van der Waals surface area contributed by atoms with E-state index in [9.17, 15) is 14.4 Å². The number of hydrogen-bond donors (Lipinski definition) is 0. The minimum Gasteiger partial charge on any atom is -0.462 e. The Morgan fingerprint density at radius 2 is 0.481 bits per heavy atom. The zero-order valence-corrected chi connectivity index (χ0v) is 54.1. The molecule has 0 bridgehead atoms. The van der Waals surface area contributed by atoms with E-state index in [-0.39, 0.29) is 31.1 Å². The third kappa shape index (κ3) is 67.5. The number of unbranched alkanes of at least 4 members (excludes halogenated alkanes) is 42. The molecule has 0 aromatic carbocycles. The molecule has 0 aliphatic rings. The van der Waals surface area contributed by atoms with E-state index >= 15 is 0 Å². The molecule has 6 nitrogen and oxygen atoms in total. The average molecular weight is 1130 g/mol. The molecule has 0 heterocycles. The van der Waals surface area contributed by atoms with Crippen LogP contribution in [0.25, 0.3) is 0 Å². The van der Waals surface area contributed by atoms with Crippen molar-refractivity contribution in [2.45, 2.75) is 374 Å². The van der Waals surface area contributed by atoms with Gasteiger partial charge in [-0.3, -0.25) is 14.4 Å². The van der Waals surface area contributed by atoms with E-state index in [2.05, 4.69) is 93.7 Å². The van der Waals surface area contributed by atoms with E-state index in [0.717, 1.165) is 96.3 Å². The maximum Gasteiger partial charge on any atom is 0.306 e. The number of hydrogen-bond acceptors (Lipinski definition) is 6. The lowest BCUT2D eigenvalue weighted by atomic mass is 10.0. The Kier molecular flexibility index (Phi) is 66.6. The van der Waals surface area contributed by atoms with E-state index < -0.39 is 6.10 Å². The van der Waals surface area contributed by atoms with Crippen molar-refractivity contribution in [2.75, 3.05) is 13.2 Å². The summed E-state index contributed by atoms with van der Waals surface area (Å²) in [6.07, 6.45) is 91.0. The zero-order chi connectivity index (χ0) is 58.5. The summed E-state index contributed by atoms with van der Waals surface area (Å²) in [5, 5.41) is 0. The highest BCUT2D eigenvalue weighted by Crippen LogP contribution is 2.18. The number of ether oxygens (including phenoxy) is 3. The van der Waals surface area contributed by atoms with Gasteiger partial charge in [-0.15, -0.1) is 0 Å². The Balaban J connectivity index is 4.14. The van der Waals surface area contributed by atoms with Gasteiger partial charge in [-0.05, 0) is 109 Å². The van der Waals surface area contributed by atoms with Crippen molar-refractivity contribution in [1.29, 1.82) is 0 Å². The second-order valence-electron chi connectivity index (χ2n) is 23.8. The fourth-order valence-electron chi connectivity index (χ4n) is 10.4. The molecule has 0 amide bonds. The molecule has 0 aromatic heterocycles. The largest absolute Gasteiger partial charge is 0.462 e. The first kappa shape index (κ1) is 77.9. The highest BCUT2D eigenvalue weighted by atomic mass is 16.6. The molecule has 0 aliphatic carbocycles. The molecule has 0 spiro atoms. The molecule has 0 aliphatic heterocycles. The summed E-state index contributed by atoms with van der Waals surface area (Å²) in [5.41, 5.74) is 0. The molecular formula is C75H134O6. The van der Waals surface area contributed by atoms with E-state index in [1.807, 2.05) is 0 Å². The van der Waals surface area contributed by atoms with E-state index in [4.69, 9.17) is 14.2 Å². The van der Waals surface area contributed by atoms with Gasteiger partial charge in [-0.2, -0.15) is 0 Å². The van der Waals surface area contributed by atoms with Crippen LogP contribution in [0.15, 0.2) is 72.9 Å². The predicted molar refractivity (Wildman–Crippen MR) is 353 cm³/mol. The van der Waals surface area contributed by atoms with Crippen LogP contribution < -0.4 is 0 Å². The molecule has 0 rings (SSSR count). The second kappa shape index (κ2) is 69.3. The first-order valence-corrected chi connectivity index (χ1v) is 35.4. The Bertz CT molecular complexity index is 1490. The van der Waals surface area contributed by atoms with Crippen LogP contribution in [0, 0.1) is 0 Å². The van der Waals surface area contributed by atoms with Gasteiger partial charge >= 0.3 is 17.9 Å². The second-order valence-corrected chi connectivity index (χ2v) is 23.8. The van der Waals surface area contributed by atoms with Gasteiger partial charge in [0.2, 0.25) is 0 Å². The SMILES string of the molecule is CC/C=C\C/C=C\C/C=C\CCCCCC(=O)OCC(COC(=O)CCCCCCCCCCCCCCCCCCCCCCC/C=C\CCCCCCCCCC)OC(=O)CCCCCCCCC/C=C\C/C=C\CCCCC. The van der Waals surface area contributed by atoms with Crippen LogP contribution in [0.1, 0.15) is 367 Å². The van der Waals surface area contributed by atoms with Gasteiger partial charge in [0.1, 0.15) is 13.2 Å². The molecular weight excluding hydrogens is 997 g/mol. The highest BCUT2D eigenvalue weighted by molar-refractivity contribution is 5.71. The fraction of sp³-hybridized carbons (Fsp3) is 0.800. The first-order chi connectivity index (χ1) is 40.0. The molecule has 6 heteroatoms. The van der Waals surface area contributed by atoms with Gasteiger partial charge in [-0.1, -0.05) is 312 Å². The fourth-order valence-corrected chi connectivity index (χ4v) is 10.4. The van der Waals surface area contributed by atoms with Crippen molar-refractivity contribution in [1.82, 2.24) is 0 Å². The van der Waals surface area contributed by atoms with Crippen molar-refractivity contribution in [2.24, 2.45) is 0 Å². The lowest BCUT2D eigenvalue weighted by Gasteiger charge is -2.18. The third-order valence-corrected chi connectivity index (χ3v) is 15.7. The van der Waals surface area contributed by atoms with Crippen molar-refractivity contribution in [3.63, 3.8) is 0 Å². The molecule has 81 heavy (non-hydrogen) atoms. The van der Waals surface area contributed by atoms with Gasteiger partial charge in [0.15, 0.2) is 6.10 Å². The third-order valence-electron chi connectivity index (χ3n) is 15.7. The zero-order valence-electron chi connectivity index (χ0n) is 54.1. The summed E-state index contributed by atoms with van der Waals surface area (Å²) in [7, 11) is 0. The number of carbonyl (C=O) groups excluding carboxylic acids is 3. The molecule has 0 fully saturated rings. The number of rotatable bonds is 65. The van der Waals surface area contributed by atoms with Crippen LogP contribution in [-0.2, 0) is 28.6 Å². The quantitative estimate of drug-likeness (QED) is 0.0261. The average Bonchev–Trinajstić information content (AvgIpc) is 3.46. The minimum absolute atomic E-state index is 0.0852. The molecule has 0 saturated heterocycles. The summed E-state index contributed by atoms with van der Waals surface area (Å²) >= 11 is 0. The first-order valence-electron chi connectivity index (χ1n) is 35.4. The van der Waals surface area contributed by atoms with Crippen molar-refractivity contribution in [3.05, 3.63) is 72.9 Å². The Labute approximate surface area is 503 Å². The van der Waals surface area contributed by atoms with Crippen molar-refractivity contribution >= 4 is 17.9 Å². The van der Waals surface area contributed by atoms with Crippen molar-refractivity contribution < 1.29 is 28.6 Å². The monoisotopic (exact) mass is 1130 g/mol. The topological polar surface area (TPSA) is 78.9 Å². The Hall–Kier alpha value is -3.15. The number of carbonyl (C=O) groups is 3. The summed E-state index contributed by atoms with van der Waals surface area (Å²) in [4.78, 5) is 38.3. The standard InChI is InChI=1S/C75H134O6/c1-4-7-10-13-16-19-22-25-27-29-30-31-32-33-34-35-36-37-38-39-40-41-42-43-44-46-47-50-53-56-59-62-65-68-74(77)80-71-72(70-79-73(76)67-64-61-58-55-52-49-24-21-18-15-12-9-6-3)81-75(78)69-66-63-60-57-54-51-48-45-28-26-23-20-17-14-11-8-5-2/h9,12,17-18,20-21,26,28-30,49,52,72H,4-8,10-11,13-16,19,22-25,27,31-48,50-51,53-71H2,1-3H3/b12-9-,20-17-,21-18-,28-26-,30-29-,52-49-. The molecule has 1 atom stereocenters. The van der Waals surface area contributed by atoms with E-state index in [1.54, 1.807) is 0 Å². The van der Waals surface area contributed by atoms with Gasteiger partial charge in [-0.25, -0.2) is 0 Å². The van der Waals surface area contributed by atoms with E-state index in [1.165, 1.54) is 231 Å². The maximum atomic E-state index is 12.9. The summed E-state index contributed by atoms with van der Waals surface area (Å²) < 4.78 is 16.9. The smallest absolute Gasteiger partial charge is 0.306 e.